The molecule has 2 aromatic carbocycles. The molecule has 0 amide bonds. The molecular weight excluding hydrogens is 294 g/mol. The summed E-state index contributed by atoms with van der Waals surface area (Å²) in [5.74, 6) is 0. The molecule has 0 aliphatic carbocycles. The standard InChI is InChI=1S/C12H8As2/c13-11-7-3-1-5-9(11)10-6-2-4-8-12(10)14/h1-8H. The molecule has 0 aromatic heterocycles. The Kier molecular flexibility index (Phi) is 3.16. The molecule has 0 aliphatic rings. The first kappa shape index (κ1) is 10.1. The summed E-state index contributed by atoms with van der Waals surface area (Å²) in [6, 6.07) is 16.8. The summed E-state index contributed by atoms with van der Waals surface area (Å²) in [6.07, 6.45) is 0. The van der Waals surface area contributed by atoms with Gasteiger partial charge in [0, 0.05) is 0 Å². The summed E-state index contributed by atoms with van der Waals surface area (Å²) in [5, 5.41) is 0. The molecule has 0 unspecified atom stereocenters. The summed E-state index contributed by atoms with van der Waals surface area (Å²) in [6.45, 7) is 0. The number of benzene rings is 2. The fourth-order valence-corrected chi connectivity index (χ4v) is 2.58. The molecule has 0 fully saturated rings. The van der Waals surface area contributed by atoms with Crippen LogP contribution in [0.3, 0.4) is 0 Å². The zero-order chi connectivity index (χ0) is 9.97. The first-order valence-electron chi connectivity index (χ1n) is 4.35. The quantitative estimate of drug-likeness (QED) is 0.688. The topological polar surface area (TPSA) is 0 Å². The van der Waals surface area contributed by atoms with Crippen LogP contribution in [0, 0.1) is 0 Å². The van der Waals surface area contributed by atoms with Crippen LogP contribution in [0.15, 0.2) is 48.5 Å². The molecule has 66 valence electrons. The zero-order valence-electron chi connectivity index (χ0n) is 7.51. The van der Waals surface area contributed by atoms with Crippen LogP contribution >= 0.6 is 0 Å². The predicted molar refractivity (Wildman–Crippen MR) is 62.7 cm³/mol. The molecule has 2 heteroatoms. The maximum atomic E-state index is 2.62. The Labute approximate surface area is 102 Å². The van der Waals surface area contributed by atoms with Gasteiger partial charge in [0.25, 0.3) is 0 Å². The molecule has 0 saturated carbocycles. The summed E-state index contributed by atoms with van der Waals surface area (Å²) in [7, 11) is 0. The summed E-state index contributed by atoms with van der Waals surface area (Å²) >= 11 is 5.24. The fourth-order valence-electron chi connectivity index (χ4n) is 1.40. The molecule has 2 rings (SSSR count). The van der Waals surface area contributed by atoms with Crippen LogP contribution in [0.2, 0.25) is 0 Å². The van der Waals surface area contributed by atoms with Gasteiger partial charge in [-0.2, -0.15) is 0 Å². The average Bonchev–Trinajstić information content (AvgIpc) is 2.20. The maximum absolute atomic E-state index is 2.62. The van der Waals surface area contributed by atoms with Gasteiger partial charge >= 0.3 is 102 Å². The summed E-state index contributed by atoms with van der Waals surface area (Å²) < 4.78 is 2.53. The zero-order valence-corrected chi connectivity index (χ0v) is 11.3. The van der Waals surface area contributed by atoms with Crippen LogP contribution in [-0.4, -0.2) is 33.7 Å². The van der Waals surface area contributed by atoms with E-state index >= 15 is 0 Å². The third kappa shape index (κ3) is 1.97. The van der Waals surface area contributed by atoms with E-state index in [2.05, 4.69) is 82.2 Å². The molecule has 0 nitrogen and oxygen atoms in total. The molecule has 14 heavy (non-hydrogen) atoms. The molecule has 0 spiro atoms. The summed E-state index contributed by atoms with van der Waals surface area (Å²) in [5.41, 5.74) is 2.59. The molecule has 0 bridgehead atoms. The Bertz CT molecular complexity index is 406. The van der Waals surface area contributed by atoms with Crippen LogP contribution in [0.5, 0.6) is 0 Å². The van der Waals surface area contributed by atoms with Crippen molar-refractivity contribution in [2.75, 3.05) is 0 Å². The molecule has 4 radical (unpaired) electrons. The van der Waals surface area contributed by atoms with Crippen molar-refractivity contribution in [1.29, 1.82) is 0 Å². The fraction of sp³-hybridized carbons (Fsp3) is 0. The minimum absolute atomic E-state index is 1.26. The van der Waals surface area contributed by atoms with Crippen molar-refractivity contribution in [2.24, 2.45) is 0 Å². The van der Waals surface area contributed by atoms with Crippen LogP contribution < -0.4 is 8.70 Å². The molecule has 0 heterocycles. The second-order valence-corrected chi connectivity index (χ2v) is 5.06. The normalized spacial score (nSPS) is 10.1. The van der Waals surface area contributed by atoms with Gasteiger partial charge < -0.3 is 0 Å². The van der Waals surface area contributed by atoms with E-state index in [9.17, 15) is 0 Å². The van der Waals surface area contributed by atoms with Crippen LogP contribution in [0.1, 0.15) is 0 Å². The van der Waals surface area contributed by atoms with Gasteiger partial charge in [0.05, 0.1) is 0 Å². The third-order valence-corrected chi connectivity index (χ3v) is 3.73. The first-order valence-corrected chi connectivity index (χ1v) is 6.23. The van der Waals surface area contributed by atoms with Crippen molar-refractivity contribution in [3.05, 3.63) is 48.5 Å². The van der Waals surface area contributed by atoms with Crippen molar-refractivity contribution >= 4 is 42.4 Å². The third-order valence-electron chi connectivity index (χ3n) is 2.10. The monoisotopic (exact) mass is 302 g/mol. The van der Waals surface area contributed by atoms with Crippen molar-refractivity contribution in [3.8, 4) is 11.1 Å². The second-order valence-electron chi connectivity index (χ2n) is 3.03. The van der Waals surface area contributed by atoms with E-state index in [1.807, 2.05) is 0 Å². The van der Waals surface area contributed by atoms with Gasteiger partial charge in [0.15, 0.2) is 0 Å². The van der Waals surface area contributed by atoms with Gasteiger partial charge in [-0.15, -0.1) is 0 Å². The van der Waals surface area contributed by atoms with Crippen molar-refractivity contribution in [2.45, 2.75) is 0 Å². The molecule has 0 aliphatic heterocycles. The minimum atomic E-state index is 1.26. The number of hydrogen-bond donors (Lipinski definition) is 0. The van der Waals surface area contributed by atoms with Crippen LogP contribution in [0.25, 0.3) is 11.1 Å². The van der Waals surface area contributed by atoms with Gasteiger partial charge in [-0.3, -0.25) is 0 Å². The van der Waals surface area contributed by atoms with E-state index in [0.29, 0.717) is 0 Å². The molecular formula is C12H8As2. The average molecular weight is 302 g/mol. The Morgan fingerprint density at radius 1 is 0.571 bits per heavy atom. The van der Waals surface area contributed by atoms with E-state index < -0.39 is 0 Å². The molecule has 2 aromatic rings. The van der Waals surface area contributed by atoms with E-state index in [0.717, 1.165) is 0 Å². The van der Waals surface area contributed by atoms with Gasteiger partial charge in [-0.25, -0.2) is 0 Å². The second kappa shape index (κ2) is 4.38. The van der Waals surface area contributed by atoms with Crippen molar-refractivity contribution in [1.82, 2.24) is 0 Å². The Balaban J connectivity index is 2.61. The van der Waals surface area contributed by atoms with E-state index in [4.69, 9.17) is 0 Å². The molecule has 0 saturated heterocycles. The molecule has 0 N–H and O–H groups in total. The Morgan fingerprint density at radius 2 is 0.929 bits per heavy atom. The van der Waals surface area contributed by atoms with Crippen molar-refractivity contribution < 1.29 is 0 Å². The number of rotatable bonds is 1. The van der Waals surface area contributed by atoms with Crippen LogP contribution in [-0.2, 0) is 0 Å². The van der Waals surface area contributed by atoms with E-state index in [1.165, 1.54) is 19.8 Å². The van der Waals surface area contributed by atoms with Gasteiger partial charge in [0.2, 0.25) is 0 Å². The van der Waals surface area contributed by atoms with Gasteiger partial charge in [-0.1, -0.05) is 0 Å². The first-order chi connectivity index (χ1) is 6.79. The van der Waals surface area contributed by atoms with Crippen LogP contribution in [0.4, 0.5) is 0 Å². The van der Waals surface area contributed by atoms with E-state index in [-0.39, 0.29) is 0 Å². The Hall–Kier alpha value is -0.443. The SMILES string of the molecule is [As]c1ccccc1-c1ccccc1[As]. The molecule has 0 atom stereocenters. The van der Waals surface area contributed by atoms with Crippen molar-refractivity contribution in [3.63, 3.8) is 0 Å². The summed E-state index contributed by atoms with van der Waals surface area (Å²) in [4.78, 5) is 0. The van der Waals surface area contributed by atoms with Gasteiger partial charge in [-0.05, 0) is 0 Å². The Morgan fingerprint density at radius 3 is 1.29 bits per heavy atom. The number of hydrogen-bond acceptors (Lipinski definition) is 0. The predicted octanol–water partition coefficient (Wildman–Crippen LogP) is 0.941. The van der Waals surface area contributed by atoms with Gasteiger partial charge in [0.1, 0.15) is 0 Å². The van der Waals surface area contributed by atoms with E-state index in [1.54, 1.807) is 0 Å².